The highest BCUT2D eigenvalue weighted by Crippen LogP contribution is 2.38. The number of aromatic nitrogens is 1. The molecule has 0 saturated carbocycles. The highest BCUT2D eigenvalue weighted by Gasteiger charge is 2.29. The number of likely N-dealkylation sites (N-methyl/N-ethyl adjacent to an activating group) is 1. The van der Waals surface area contributed by atoms with Crippen LogP contribution in [0, 0.1) is 10.1 Å². The van der Waals surface area contributed by atoms with Gasteiger partial charge in [-0.1, -0.05) is 23.7 Å². The highest BCUT2D eigenvalue weighted by atomic mass is 35.5. The molecule has 1 atom stereocenters. The maximum absolute atomic E-state index is 10.9. The molecule has 1 unspecified atom stereocenters. The standard InChI is InChI=1S/C18H16ClN3O2/c1-21-9-8-14-15-10-12(19)4-7-16(15)20-17(14)18(21)11-2-5-13(6-3-11)22(23)24/h2-7,10,18,20H,8-9H2,1H3. The van der Waals surface area contributed by atoms with Crippen molar-refractivity contribution < 1.29 is 4.92 Å². The Labute approximate surface area is 144 Å². The van der Waals surface area contributed by atoms with Crippen molar-refractivity contribution in [3.8, 4) is 0 Å². The van der Waals surface area contributed by atoms with Crippen molar-refractivity contribution in [2.24, 2.45) is 0 Å². The predicted octanol–water partition coefficient (Wildman–Crippen LogP) is 4.31. The summed E-state index contributed by atoms with van der Waals surface area (Å²) in [6.45, 7) is 0.925. The largest absolute Gasteiger partial charge is 0.357 e. The Hall–Kier alpha value is -2.37. The van der Waals surface area contributed by atoms with E-state index in [2.05, 4.69) is 16.9 Å². The number of hydrogen-bond donors (Lipinski definition) is 1. The van der Waals surface area contributed by atoms with Gasteiger partial charge in [-0.15, -0.1) is 0 Å². The Morgan fingerprint density at radius 3 is 2.71 bits per heavy atom. The van der Waals surface area contributed by atoms with E-state index < -0.39 is 0 Å². The minimum absolute atomic E-state index is 0.0562. The summed E-state index contributed by atoms with van der Waals surface area (Å²) in [6, 6.07) is 12.8. The van der Waals surface area contributed by atoms with Crippen molar-refractivity contribution in [2.75, 3.05) is 13.6 Å². The summed E-state index contributed by atoms with van der Waals surface area (Å²) in [4.78, 5) is 16.3. The van der Waals surface area contributed by atoms with E-state index in [0.29, 0.717) is 0 Å². The maximum atomic E-state index is 10.9. The van der Waals surface area contributed by atoms with Crippen molar-refractivity contribution in [2.45, 2.75) is 12.5 Å². The molecule has 24 heavy (non-hydrogen) atoms. The van der Waals surface area contributed by atoms with E-state index in [1.54, 1.807) is 12.1 Å². The lowest BCUT2D eigenvalue weighted by Gasteiger charge is -2.33. The van der Waals surface area contributed by atoms with Crippen LogP contribution in [0.3, 0.4) is 0 Å². The summed E-state index contributed by atoms with van der Waals surface area (Å²) in [6.07, 6.45) is 0.954. The molecule has 1 aromatic heterocycles. The summed E-state index contributed by atoms with van der Waals surface area (Å²) in [5, 5.41) is 12.8. The Bertz CT molecular complexity index is 933. The number of nitro benzene ring substituents is 1. The Morgan fingerprint density at radius 2 is 2.00 bits per heavy atom. The van der Waals surface area contributed by atoms with Gasteiger partial charge >= 0.3 is 0 Å². The van der Waals surface area contributed by atoms with E-state index >= 15 is 0 Å². The SMILES string of the molecule is CN1CCc2c([nH]c3ccc(Cl)cc23)C1c1ccc([N+](=O)[O-])cc1. The van der Waals surface area contributed by atoms with Crippen LogP contribution in [0.25, 0.3) is 10.9 Å². The van der Waals surface area contributed by atoms with Gasteiger partial charge in [-0.3, -0.25) is 15.0 Å². The van der Waals surface area contributed by atoms with E-state index in [0.717, 1.165) is 40.1 Å². The zero-order chi connectivity index (χ0) is 16.8. The molecule has 6 heteroatoms. The number of H-pyrrole nitrogens is 1. The number of hydrogen-bond acceptors (Lipinski definition) is 3. The first kappa shape index (κ1) is 15.2. The maximum Gasteiger partial charge on any atom is 0.269 e. The smallest absolute Gasteiger partial charge is 0.269 e. The lowest BCUT2D eigenvalue weighted by molar-refractivity contribution is -0.384. The molecule has 2 aromatic carbocycles. The van der Waals surface area contributed by atoms with Crippen molar-refractivity contribution >= 4 is 28.2 Å². The molecule has 0 amide bonds. The Kier molecular flexibility index (Phi) is 3.55. The number of rotatable bonds is 2. The van der Waals surface area contributed by atoms with Crippen molar-refractivity contribution in [1.29, 1.82) is 0 Å². The van der Waals surface area contributed by atoms with Gasteiger partial charge in [0.25, 0.3) is 5.69 Å². The molecular weight excluding hydrogens is 326 g/mol. The molecule has 1 aliphatic heterocycles. The number of non-ortho nitro benzene ring substituents is 1. The molecule has 0 bridgehead atoms. The third-order valence-corrected chi connectivity index (χ3v) is 4.98. The van der Waals surface area contributed by atoms with Gasteiger partial charge in [-0.05, 0) is 42.8 Å². The first-order valence-electron chi connectivity index (χ1n) is 7.79. The predicted molar refractivity (Wildman–Crippen MR) is 94.6 cm³/mol. The zero-order valence-corrected chi connectivity index (χ0v) is 13.9. The Morgan fingerprint density at radius 1 is 1.25 bits per heavy atom. The molecule has 1 aliphatic rings. The monoisotopic (exact) mass is 341 g/mol. The summed E-state index contributed by atoms with van der Waals surface area (Å²) >= 11 is 6.16. The molecule has 0 saturated heterocycles. The van der Waals surface area contributed by atoms with Gasteiger partial charge in [-0.25, -0.2) is 0 Å². The number of benzene rings is 2. The first-order chi connectivity index (χ1) is 11.5. The van der Waals surface area contributed by atoms with Gasteiger partial charge < -0.3 is 4.98 Å². The number of aromatic amines is 1. The number of nitro groups is 1. The first-order valence-corrected chi connectivity index (χ1v) is 8.17. The van der Waals surface area contributed by atoms with Gasteiger partial charge in [-0.2, -0.15) is 0 Å². The minimum Gasteiger partial charge on any atom is -0.357 e. The highest BCUT2D eigenvalue weighted by molar-refractivity contribution is 6.31. The molecule has 0 fully saturated rings. The number of halogens is 1. The van der Waals surface area contributed by atoms with Crippen molar-refractivity contribution in [1.82, 2.24) is 9.88 Å². The topological polar surface area (TPSA) is 62.2 Å². The molecule has 0 radical (unpaired) electrons. The second kappa shape index (κ2) is 5.61. The molecule has 0 aliphatic carbocycles. The summed E-state index contributed by atoms with van der Waals surface area (Å²) in [7, 11) is 2.08. The number of nitrogens with one attached hydrogen (secondary N) is 1. The van der Waals surface area contributed by atoms with Crippen LogP contribution in [0.1, 0.15) is 22.9 Å². The van der Waals surface area contributed by atoms with Crippen molar-refractivity contribution in [3.63, 3.8) is 0 Å². The molecule has 2 heterocycles. The molecule has 1 N–H and O–H groups in total. The van der Waals surface area contributed by atoms with E-state index in [1.807, 2.05) is 30.3 Å². The van der Waals surface area contributed by atoms with Crippen LogP contribution in [-0.4, -0.2) is 28.4 Å². The second-order valence-corrected chi connectivity index (χ2v) is 6.63. The van der Waals surface area contributed by atoms with Crippen LogP contribution in [0.5, 0.6) is 0 Å². The number of nitrogens with zero attached hydrogens (tertiary/aromatic N) is 2. The molecule has 0 spiro atoms. The van der Waals surface area contributed by atoms with Crippen LogP contribution < -0.4 is 0 Å². The van der Waals surface area contributed by atoms with Gasteiger partial charge in [0.2, 0.25) is 0 Å². The van der Waals surface area contributed by atoms with E-state index in [4.69, 9.17) is 11.6 Å². The van der Waals surface area contributed by atoms with E-state index in [-0.39, 0.29) is 16.7 Å². The molecular formula is C18H16ClN3O2. The van der Waals surface area contributed by atoms with Crippen LogP contribution in [0.15, 0.2) is 42.5 Å². The van der Waals surface area contributed by atoms with Gasteiger partial charge in [0.05, 0.1) is 11.0 Å². The second-order valence-electron chi connectivity index (χ2n) is 6.19. The third-order valence-electron chi connectivity index (χ3n) is 4.75. The summed E-state index contributed by atoms with van der Waals surface area (Å²) < 4.78 is 0. The van der Waals surface area contributed by atoms with Crippen molar-refractivity contribution in [3.05, 3.63) is 74.4 Å². The van der Waals surface area contributed by atoms with Crippen LogP contribution in [0.2, 0.25) is 5.02 Å². The fraction of sp³-hybridized carbons (Fsp3) is 0.222. The zero-order valence-electron chi connectivity index (χ0n) is 13.1. The molecule has 5 nitrogen and oxygen atoms in total. The van der Waals surface area contributed by atoms with Gasteiger partial charge in [0.1, 0.15) is 0 Å². The quantitative estimate of drug-likeness (QED) is 0.558. The van der Waals surface area contributed by atoms with Gasteiger partial charge in [0.15, 0.2) is 0 Å². The lowest BCUT2D eigenvalue weighted by Crippen LogP contribution is -2.32. The van der Waals surface area contributed by atoms with Crippen LogP contribution in [-0.2, 0) is 6.42 Å². The molecule has 122 valence electrons. The van der Waals surface area contributed by atoms with E-state index in [1.165, 1.54) is 5.56 Å². The lowest BCUT2D eigenvalue weighted by atomic mass is 9.93. The normalized spacial score (nSPS) is 17.8. The minimum atomic E-state index is -0.370. The molecule has 3 aromatic rings. The van der Waals surface area contributed by atoms with E-state index in [9.17, 15) is 10.1 Å². The van der Waals surface area contributed by atoms with Gasteiger partial charge in [0, 0.05) is 40.3 Å². The van der Waals surface area contributed by atoms with Crippen LogP contribution in [0.4, 0.5) is 5.69 Å². The fourth-order valence-corrected chi connectivity index (χ4v) is 3.75. The summed E-state index contributed by atoms with van der Waals surface area (Å²) in [5.74, 6) is 0. The fourth-order valence-electron chi connectivity index (χ4n) is 3.58. The average molecular weight is 342 g/mol. The third kappa shape index (κ3) is 2.37. The Balaban J connectivity index is 1.85. The molecule has 4 rings (SSSR count). The number of fused-ring (bicyclic) bond motifs is 3. The average Bonchev–Trinajstić information content (AvgIpc) is 2.92. The van der Waals surface area contributed by atoms with Crippen LogP contribution >= 0.6 is 11.6 Å². The summed E-state index contributed by atoms with van der Waals surface area (Å²) in [5.41, 5.74) is 4.66.